The predicted octanol–water partition coefficient (Wildman–Crippen LogP) is 1.93. The molecule has 0 radical (unpaired) electrons. The van der Waals surface area contributed by atoms with Gasteiger partial charge in [-0.15, -0.1) is 0 Å². The molecule has 6 heteroatoms. The lowest BCUT2D eigenvalue weighted by atomic mass is 10.1. The van der Waals surface area contributed by atoms with Crippen LogP contribution in [0.15, 0.2) is 39.7 Å². The van der Waals surface area contributed by atoms with Gasteiger partial charge in [-0.05, 0) is 34.8 Å². The van der Waals surface area contributed by atoms with Gasteiger partial charge in [0, 0.05) is 19.6 Å². The molecule has 4 nitrogen and oxygen atoms in total. The lowest BCUT2D eigenvalue weighted by Crippen LogP contribution is -2.42. The first-order chi connectivity index (χ1) is 9.05. The number of likely N-dealkylation sites (tertiary alicyclic amines) is 1. The molecule has 1 aromatic carbocycles. The van der Waals surface area contributed by atoms with Crippen LogP contribution in [0.2, 0.25) is 0 Å². The molecule has 19 heavy (non-hydrogen) atoms. The highest BCUT2D eigenvalue weighted by atomic mass is 79.9. The van der Waals surface area contributed by atoms with E-state index in [4.69, 9.17) is 5.26 Å². The van der Waals surface area contributed by atoms with E-state index in [9.17, 15) is 8.42 Å². The van der Waals surface area contributed by atoms with Gasteiger partial charge in [-0.25, -0.2) is 8.42 Å². The van der Waals surface area contributed by atoms with Crippen LogP contribution >= 0.6 is 15.9 Å². The number of hydrogen-bond acceptors (Lipinski definition) is 4. The standard InChI is InChI=1S/C13H13BrN2O2S/c14-7-12-9-16(10-12)5-6-19(17,18)13-3-1-11(8-15)2-4-13/h1-4,7H,5-6,9-10H2. The van der Waals surface area contributed by atoms with Crippen molar-refractivity contribution in [2.45, 2.75) is 4.90 Å². The van der Waals surface area contributed by atoms with Gasteiger partial charge in [0.25, 0.3) is 0 Å². The molecule has 1 saturated heterocycles. The number of rotatable bonds is 4. The van der Waals surface area contributed by atoms with Crippen molar-refractivity contribution in [3.63, 3.8) is 0 Å². The zero-order valence-corrected chi connectivity index (χ0v) is 12.6. The molecule has 0 atom stereocenters. The quantitative estimate of drug-likeness (QED) is 0.840. The van der Waals surface area contributed by atoms with E-state index in [1.807, 2.05) is 11.1 Å². The minimum Gasteiger partial charge on any atom is -0.294 e. The summed E-state index contributed by atoms with van der Waals surface area (Å²) < 4.78 is 24.2. The number of benzene rings is 1. The molecule has 0 N–H and O–H groups in total. The van der Waals surface area contributed by atoms with Gasteiger partial charge in [0.2, 0.25) is 0 Å². The average Bonchev–Trinajstić information content (AvgIpc) is 2.37. The third kappa shape index (κ3) is 3.44. The Morgan fingerprint density at radius 1 is 1.32 bits per heavy atom. The Bertz CT molecular complexity index is 622. The van der Waals surface area contributed by atoms with Crippen LogP contribution < -0.4 is 0 Å². The van der Waals surface area contributed by atoms with Gasteiger partial charge >= 0.3 is 0 Å². The van der Waals surface area contributed by atoms with Gasteiger partial charge in [-0.1, -0.05) is 15.9 Å². The van der Waals surface area contributed by atoms with E-state index in [0.29, 0.717) is 12.1 Å². The van der Waals surface area contributed by atoms with Crippen molar-refractivity contribution in [1.82, 2.24) is 4.90 Å². The molecule has 0 bridgehead atoms. The van der Waals surface area contributed by atoms with E-state index < -0.39 is 9.84 Å². The van der Waals surface area contributed by atoms with Crippen LogP contribution in [-0.2, 0) is 9.84 Å². The molecule has 0 unspecified atom stereocenters. The number of hydrogen-bond donors (Lipinski definition) is 0. The maximum Gasteiger partial charge on any atom is 0.179 e. The zero-order valence-electron chi connectivity index (χ0n) is 10.2. The normalized spacial score (nSPS) is 15.7. The molecule has 1 heterocycles. The molecule has 0 aromatic heterocycles. The van der Waals surface area contributed by atoms with Crippen molar-refractivity contribution < 1.29 is 8.42 Å². The van der Waals surface area contributed by atoms with Gasteiger partial charge in [0.15, 0.2) is 9.84 Å². The fourth-order valence-electron chi connectivity index (χ4n) is 1.86. The summed E-state index contributed by atoms with van der Waals surface area (Å²) in [5.41, 5.74) is 1.74. The molecule has 1 aromatic rings. The summed E-state index contributed by atoms with van der Waals surface area (Å²) in [4.78, 5) is 4.25. The second kappa shape index (κ2) is 5.87. The summed E-state index contributed by atoms with van der Waals surface area (Å²) >= 11 is 3.26. The van der Waals surface area contributed by atoms with Gasteiger partial charge in [-0.2, -0.15) is 5.26 Å². The van der Waals surface area contributed by atoms with Crippen molar-refractivity contribution in [3.8, 4) is 6.07 Å². The first kappa shape index (κ1) is 14.3. The molecule has 0 amide bonds. The monoisotopic (exact) mass is 340 g/mol. The Balaban J connectivity index is 1.96. The lowest BCUT2D eigenvalue weighted by Gasteiger charge is -2.33. The van der Waals surface area contributed by atoms with Gasteiger partial charge in [-0.3, -0.25) is 4.90 Å². The summed E-state index contributed by atoms with van der Waals surface area (Å²) in [6.07, 6.45) is 0. The number of halogens is 1. The van der Waals surface area contributed by atoms with Crippen LogP contribution in [0.25, 0.3) is 0 Å². The molecule has 2 rings (SSSR count). The predicted molar refractivity (Wildman–Crippen MR) is 76.7 cm³/mol. The highest BCUT2D eigenvalue weighted by molar-refractivity contribution is 9.11. The van der Waals surface area contributed by atoms with Gasteiger partial charge < -0.3 is 0 Å². The highest BCUT2D eigenvalue weighted by Gasteiger charge is 2.22. The molecule has 1 aliphatic heterocycles. The van der Waals surface area contributed by atoms with Gasteiger partial charge in [0.1, 0.15) is 0 Å². The van der Waals surface area contributed by atoms with Crippen LogP contribution in [0.1, 0.15) is 5.56 Å². The average molecular weight is 341 g/mol. The van der Waals surface area contributed by atoms with Crippen molar-refractivity contribution in [3.05, 3.63) is 40.4 Å². The van der Waals surface area contributed by atoms with Crippen LogP contribution in [0, 0.1) is 11.3 Å². The molecule has 0 spiro atoms. The third-order valence-corrected chi connectivity index (χ3v) is 5.38. The molecule has 0 saturated carbocycles. The minimum atomic E-state index is -3.26. The largest absolute Gasteiger partial charge is 0.294 e. The summed E-state index contributed by atoms with van der Waals surface area (Å²) in [7, 11) is -3.26. The minimum absolute atomic E-state index is 0.106. The second-order valence-corrected chi connectivity index (χ2v) is 7.00. The maximum absolute atomic E-state index is 12.1. The molecular formula is C13H13BrN2O2S. The molecule has 1 aliphatic rings. The van der Waals surface area contributed by atoms with E-state index in [0.717, 1.165) is 13.1 Å². The van der Waals surface area contributed by atoms with E-state index >= 15 is 0 Å². The Kier molecular flexibility index (Phi) is 4.40. The molecule has 100 valence electrons. The maximum atomic E-state index is 12.1. The fraction of sp³-hybridized carbons (Fsp3) is 0.308. The number of nitriles is 1. The zero-order chi connectivity index (χ0) is 13.9. The van der Waals surface area contributed by atoms with Crippen LogP contribution in [0.3, 0.4) is 0 Å². The van der Waals surface area contributed by atoms with Crippen LogP contribution in [-0.4, -0.2) is 38.7 Å². The first-order valence-corrected chi connectivity index (χ1v) is 8.35. The van der Waals surface area contributed by atoms with Crippen molar-refractivity contribution >= 4 is 25.8 Å². The topological polar surface area (TPSA) is 61.2 Å². The number of sulfone groups is 1. The second-order valence-electron chi connectivity index (χ2n) is 4.43. The smallest absolute Gasteiger partial charge is 0.179 e. The SMILES string of the molecule is N#Cc1ccc(S(=O)(=O)CCN2CC(=CBr)C2)cc1. The molecular weight excluding hydrogens is 328 g/mol. The summed E-state index contributed by atoms with van der Waals surface area (Å²) in [6.45, 7) is 2.19. The third-order valence-electron chi connectivity index (χ3n) is 3.03. The summed E-state index contributed by atoms with van der Waals surface area (Å²) in [5.74, 6) is 0.106. The summed E-state index contributed by atoms with van der Waals surface area (Å²) in [6, 6.07) is 8.02. The first-order valence-electron chi connectivity index (χ1n) is 5.78. The Hall–Kier alpha value is -1.16. The van der Waals surface area contributed by atoms with E-state index in [2.05, 4.69) is 20.8 Å². The Labute approximate surface area is 121 Å². The van der Waals surface area contributed by atoms with E-state index in [1.54, 1.807) is 0 Å². The molecule has 1 fully saturated rings. The van der Waals surface area contributed by atoms with Crippen LogP contribution in [0.4, 0.5) is 0 Å². The van der Waals surface area contributed by atoms with E-state index in [-0.39, 0.29) is 10.6 Å². The Morgan fingerprint density at radius 3 is 2.47 bits per heavy atom. The van der Waals surface area contributed by atoms with Crippen LogP contribution in [0.5, 0.6) is 0 Å². The fourth-order valence-corrected chi connectivity index (χ4v) is 3.43. The number of nitrogens with zero attached hydrogens (tertiary/aromatic N) is 2. The van der Waals surface area contributed by atoms with Crippen molar-refractivity contribution in [2.75, 3.05) is 25.4 Å². The van der Waals surface area contributed by atoms with Crippen molar-refractivity contribution in [2.24, 2.45) is 0 Å². The summed E-state index contributed by atoms with van der Waals surface area (Å²) in [5, 5.41) is 8.68. The highest BCUT2D eigenvalue weighted by Crippen LogP contribution is 2.17. The lowest BCUT2D eigenvalue weighted by molar-refractivity contribution is 0.266. The van der Waals surface area contributed by atoms with Crippen molar-refractivity contribution in [1.29, 1.82) is 5.26 Å². The molecule has 0 aliphatic carbocycles. The van der Waals surface area contributed by atoms with Gasteiger partial charge in [0.05, 0.1) is 22.3 Å². The Morgan fingerprint density at radius 2 is 1.95 bits per heavy atom. The van der Waals surface area contributed by atoms with E-state index in [1.165, 1.54) is 29.8 Å².